The smallest absolute Gasteiger partial charge is 0.176 e. The van der Waals surface area contributed by atoms with Gasteiger partial charge >= 0.3 is 0 Å². The number of hydrogen-bond acceptors (Lipinski definition) is 4. The summed E-state index contributed by atoms with van der Waals surface area (Å²) in [7, 11) is 0. The highest BCUT2D eigenvalue weighted by Crippen LogP contribution is 2.13. The minimum absolute atomic E-state index is 0.741. The highest BCUT2D eigenvalue weighted by molar-refractivity contribution is 7.99. The number of nitrogens with zero attached hydrogens (tertiary/aromatic N) is 3. The number of thioether (sulfide) groups is 1. The van der Waals surface area contributed by atoms with Crippen molar-refractivity contribution >= 4 is 11.8 Å². The van der Waals surface area contributed by atoms with Gasteiger partial charge in [-0.05, 0) is 17.6 Å². The van der Waals surface area contributed by atoms with Gasteiger partial charge in [0.15, 0.2) is 0 Å². The zero-order chi connectivity index (χ0) is 8.10. The minimum Gasteiger partial charge on any atom is -0.176 e. The fourth-order valence-corrected chi connectivity index (χ4v) is 1.58. The maximum atomic E-state index is 3.83. The SMILES string of the molecule is CC(C)CCSc1nn[nH]n1. The van der Waals surface area contributed by atoms with Crippen molar-refractivity contribution in [1.82, 2.24) is 20.6 Å². The highest BCUT2D eigenvalue weighted by Gasteiger charge is 1.99. The Hall–Kier alpha value is -0.580. The van der Waals surface area contributed by atoms with E-state index < -0.39 is 0 Å². The van der Waals surface area contributed by atoms with E-state index in [0.29, 0.717) is 0 Å². The topological polar surface area (TPSA) is 54.5 Å². The third-order valence-electron chi connectivity index (χ3n) is 1.25. The lowest BCUT2D eigenvalue weighted by Crippen LogP contribution is -1.89. The van der Waals surface area contributed by atoms with Crippen LogP contribution in [0.15, 0.2) is 5.16 Å². The molecule has 0 saturated carbocycles. The first kappa shape index (κ1) is 8.52. The number of aromatic amines is 1. The number of nitrogens with one attached hydrogen (secondary N) is 1. The number of rotatable bonds is 4. The van der Waals surface area contributed by atoms with E-state index >= 15 is 0 Å². The van der Waals surface area contributed by atoms with Crippen molar-refractivity contribution in [3.63, 3.8) is 0 Å². The van der Waals surface area contributed by atoms with Crippen LogP contribution in [-0.4, -0.2) is 26.4 Å². The molecule has 1 N–H and O–H groups in total. The van der Waals surface area contributed by atoms with Gasteiger partial charge in [0.05, 0.1) is 0 Å². The maximum Gasteiger partial charge on any atom is 0.230 e. The molecule has 0 aliphatic rings. The fraction of sp³-hybridized carbons (Fsp3) is 0.833. The molecule has 1 aromatic rings. The fourth-order valence-electron chi connectivity index (χ4n) is 0.600. The van der Waals surface area contributed by atoms with Gasteiger partial charge in [0.2, 0.25) is 5.16 Å². The van der Waals surface area contributed by atoms with Gasteiger partial charge in [0.25, 0.3) is 0 Å². The molecular formula is C6H12N4S. The minimum atomic E-state index is 0.741. The number of tetrazole rings is 1. The Labute approximate surface area is 70.2 Å². The third kappa shape index (κ3) is 3.36. The second kappa shape index (κ2) is 4.33. The largest absolute Gasteiger partial charge is 0.230 e. The molecular weight excluding hydrogens is 160 g/mol. The lowest BCUT2D eigenvalue weighted by molar-refractivity contribution is 0.631. The zero-order valence-corrected chi connectivity index (χ0v) is 7.56. The van der Waals surface area contributed by atoms with Crippen LogP contribution < -0.4 is 0 Å². The van der Waals surface area contributed by atoms with E-state index in [1.54, 1.807) is 11.8 Å². The summed E-state index contributed by atoms with van der Waals surface area (Å²) in [6.07, 6.45) is 1.19. The van der Waals surface area contributed by atoms with Gasteiger partial charge in [-0.15, -0.1) is 10.2 Å². The summed E-state index contributed by atoms with van der Waals surface area (Å²) in [5, 5.41) is 14.3. The second-order valence-corrected chi connectivity index (χ2v) is 3.79. The Balaban J connectivity index is 2.14. The molecule has 0 amide bonds. The Kier molecular flexibility index (Phi) is 3.35. The summed E-state index contributed by atoms with van der Waals surface area (Å²) < 4.78 is 0. The molecule has 1 rings (SSSR count). The molecule has 4 nitrogen and oxygen atoms in total. The van der Waals surface area contributed by atoms with E-state index in [0.717, 1.165) is 16.8 Å². The second-order valence-electron chi connectivity index (χ2n) is 2.73. The average molecular weight is 172 g/mol. The summed E-state index contributed by atoms with van der Waals surface area (Å²) in [4.78, 5) is 0. The first-order chi connectivity index (χ1) is 5.29. The molecule has 0 fully saturated rings. The quantitative estimate of drug-likeness (QED) is 0.696. The van der Waals surface area contributed by atoms with Gasteiger partial charge in [-0.3, -0.25) is 0 Å². The van der Waals surface area contributed by atoms with E-state index in [4.69, 9.17) is 0 Å². The number of aromatic nitrogens is 4. The number of H-pyrrole nitrogens is 1. The van der Waals surface area contributed by atoms with Crippen molar-refractivity contribution in [3.8, 4) is 0 Å². The molecule has 0 saturated heterocycles. The summed E-state index contributed by atoms with van der Waals surface area (Å²) in [6, 6.07) is 0. The number of hydrogen-bond donors (Lipinski definition) is 1. The third-order valence-corrected chi connectivity index (χ3v) is 2.12. The molecule has 5 heteroatoms. The molecule has 1 heterocycles. The predicted octanol–water partition coefficient (Wildman–Crippen LogP) is 1.34. The van der Waals surface area contributed by atoms with Gasteiger partial charge < -0.3 is 0 Å². The molecule has 0 atom stereocenters. The van der Waals surface area contributed by atoms with Crippen LogP contribution >= 0.6 is 11.8 Å². The monoisotopic (exact) mass is 172 g/mol. The molecule has 62 valence electrons. The standard InChI is InChI=1S/C6H12N4S/c1-5(2)3-4-11-6-7-9-10-8-6/h5H,3-4H2,1-2H3,(H,7,8,9,10). The summed E-state index contributed by atoms with van der Waals surface area (Å²) >= 11 is 1.64. The van der Waals surface area contributed by atoms with Gasteiger partial charge in [0, 0.05) is 5.75 Å². The van der Waals surface area contributed by atoms with Crippen LogP contribution in [0.3, 0.4) is 0 Å². The van der Waals surface area contributed by atoms with Crippen molar-refractivity contribution in [1.29, 1.82) is 0 Å². The zero-order valence-electron chi connectivity index (χ0n) is 6.74. The van der Waals surface area contributed by atoms with Crippen LogP contribution in [-0.2, 0) is 0 Å². The molecule has 0 radical (unpaired) electrons. The van der Waals surface area contributed by atoms with E-state index in [2.05, 4.69) is 34.5 Å². The van der Waals surface area contributed by atoms with Crippen LogP contribution in [0.25, 0.3) is 0 Å². The van der Waals surface area contributed by atoms with Crippen LogP contribution in [0.5, 0.6) is 0 Å². The maximum absolute atomic E-state index is 3.83. The average Bonchev–Trinajstić information content (AvgIpc) is 2.39. The highest BCUT2D eigenvalue weighted by atomic mass is 32.2. The van der Waals surface area contributed by atoms with Crippen LogP contribution in [0.1, 0.15) is 20.3 Å². The van der Waals surface area contributed by atoms with Gasteiger partial charge in [0.1, 0.15) is 0 Å². The van der Waals surface area contributed by atoms with Gasteiger partial charge in [-0.2, -0.15) is 5.21 Å². The van der Waals surface area contributed by atoms with Crippen LogP contribution in [0.4, 0.5) is 0 Å². The van der Waals surface area contributed by atoms with Crippen molar-refractivity contribution < 1.29 is 0 Å². The Morgan fingerprint density at radius 3 is 2.91 bits per heavy atom. The molecule has 0 aromatic carbocycles. The van der Waals surface area contributed by atoms with Crippen molar-refractivity contribution in [2.24, 2.45) is 5.92 Å². The van der Waals surface area contributed by atoms with E-state index in [9.17, 15) is 0 Å². The van der Waals surface area contributed by atoms with E-state index in [1.165, 1.54) is 6.42 Å². The molecule has 0 aliphatic carbocycles. The Morgan fingerprint density at radius 2 is 2.36 bits per heavy atom. The van der Waals surface area contributed by atoms with Gasteiger partial charge in [-0.1, -0.05) is 25.6 Å². The van der Waals surface area contributed by atoms with Crippen molar-refractivity contribution in [2.45, 2.75) is 25.4 Å². The first-order valence-corrected chi connectivity index (χ1v) is 4.64. The molecule has 0 aliphatic heterocycles. The Morgan fingerprint density at radius 1 is 1.55 bits per heavy atom. The van der Waals surface area contributed by atoms with Crippen molar-refractivity contribution in [2.75, 3.05) is 5.75 Å². The lowest BCUT2D eigenvalue weighted by Gasteiger charge is -1.99. The lowest BCUT2D eigenvalue weighted by atomic mass is 10.2. The normalized spacial score (nSPS) is 10.8. The van der Waals surface area contributed by atoms with Crippen molar-refractivity contribution in [3.05, 3.63) is 0 Å². The summed E-state index contributed by atoms with van der Waals surface area (Å²) in [5.41, 5.74) is 0. The van der Waals surface area contributed by atoms with Gasteiger partial charge in [-0.25, -0.2) is 0 Å². The Bertz CT molecular complexity index is 184. The van der Waals surface area contributed by atoms with E-state index in [1.807, 2.05) is 0 Å². The molecule has 11 heavy (non-hydrogen) atoms. The summed E-state index contributed by atoms with van der Waals surface area (Å²) in [6.45, 7) is 4.41. The predicted molar refractivity (Wildman–Crippen MR) is 44.4 cm³/mol. The van der Waals surface area contributed by atoms with E-state index in [-0.39, 0.29) is 0 Å². The summed E-state index contributed by atoms with van der Waals surface area (Å²) in [5.74, 6) is 1.81. The molecule has 0 unspecified atom stereocenters. The van der Waals surface area contributed by atoms with Crippen LogP contribution in [0.2, 0.25) is 0 Å². The molecule has 0 bridgehead atoms. The first-order valence-electron chi connectivity index (χ1n) is 3.65. The molecule has 1 aromatic heterocycles. The van der Waals surface area contributed by atoms with Crippen LogP contribution in [0, 0.1) is 5.92 Å². The molecule has 0 spiro atoms.